The van der Waals surface area contributed by atoms with Gasteiger partial charge in [-0.15, -0.1) is 0 Å². The van der Waals surface area contributed by atoms with Crippen molar-refractivity contribution < 1.29 is 14.3 Å². The average Bonchev–Trinajstić information content (AvgIpc) is 2.68. The molecule has 0 radical (unpaired) electrons. The fourth-order valence-electron chi connectivity index (χ4n) is 3.15. The van der Waals surface area contributed by atoms with Crippen molar-refractivity contribution in [2.45, 2.75) is 38.1 Å². The molecular formula is C21H22BrClN2O3. The molecule has 5 nitrogen and oxygen atoms in total. The second-order valence-corrected chi connectivity index (χ2v) is 8.09. The number of halogens is 2. The molecule has 0 unspecified atom stereocenters. The van der Waals surface area contributed by atoms with E-state index in [1.54, 1.807) is 42.5 Å². The van der Waals surface area contributed by atoms with Crippen LogP contribution in [0.5, 0.6) is 5.75 Å². The Balaban J connectivity index is 1.49. The van der Waals surface area contributed by atoms with Crippen LogP contribution in [0.4, 0.5) is 5.69 Å². The van der Waals surface area contributed by atoms with Crippen LogP contribution < -0.4 is 15.4 Å². The van der Waals surface area contributed by atoms with Gasteiger partial charge in [-0.1, -0.05) is 30.9 Å². The van der Waals surface area contributed by atoms with E-state index in [0.717, 1.165) is 12.8 Å². The van der Waals surface area contributed by atoms with E-state index in [9.17, 15) is 9.59 Å². The van der Waals surface area contributed by atoms with Crippen molar-refractivity contribution in [1.29, 1.82) is 0 Å². The van der Waals surface area contributed by atoms with Gasteiger partial charge in [0, 0.05) is 22.3 Å². The van der Waals surface area contributed by atoms with Crippen LogP contribution in [0.2, 0.25) is 5.02 Å². The fourth-order valence-corrected chi connectivity index (χ4v) is 3.95. The lowest BCUT2D eigenvalue weighted by atomic mass is 9.95. The predicted octanol–water partition coefficient (Wildman–Crippen LogP) is 5.18. The molecule has 0 aliphatic heterocycles. The monoisotopic (exact) mass is 464 g/mol. The quantitative estimate of drug-likeness (QED) is 0.617. The number of rotatable bonds is 6. The number of nitrogens with one attached hydrogen (secondary N) is 2. The number of hydrogen-bond donors (Lipinski definition) is 2. The van der Waals surface area contributed by atoms with E-state index in [0.29, 0.717) is 26.5 Å². The Bertz CT molecular complexity index is 836. The molecule has 148 valence electrons. The summed E-state index contributed by atoms with van der Waals surface area (Å²) in [6.07, 6.45) is 5.68. The molecule has 2 aromatic carbocycles. The maximum absolute atomic E-state index is 12.3. The van der Waals surface area contributed by atoms with E-state index in [1.807, 2.05) is 0 Å². The first-order chi connectivity index (χ1) is 13.5. The van der Waals surface area contributed by atoms with Gasteiger partial charge in [0.1, 0.15) is 5.75 Å². The van der Waals surface area contributed by atoms with E-state index < -0.39 is 0 Å². The normalized spacial score (nSPS) is 14.4. The molecule has 7 heteroatoms. The minimum Gasteiger partial charge on any atom is -0.483 e. The average molecular weight is 466 g/mol. The van der Waals surface area contributed by atoms with Crippen LogP contribution in [0.1, 0.15) is 42.5 Å². The van der Waals surface area contributed by atoms with E-state index in [2.05, 4.69) is 26.6 Å². The van der Waals surface area contributed by atoms with Gasteiger partial charge in [-0.25, -0.2) is 0 Å². The molecular weight excluding hydrogens is 444 g/mol. The summed E-state index contributed by atoms with van der Waals surface area (Å²) in [6.45, 7) is -0.135. The van der Waals surface area contributed by atoms with Crippen LogP contribution in [0.3, 0.4) is 0 Å². The lowest BCUT2D eigenvalue weighted by Gasteiger charge is -2.22. The zero-order chi connectivity index (χ0) is 19.9. The van der Waals surface area contributed by atoms with Crippen LogP contribution >= 0.6 is 27.5 Å². The fraction of sp³-hybridized carbons (Fsp3) is 0.333. The van der Waals surface area contributed by atoms with Crippen LogP contribution in [0.15, 0.2) is 46.9 Å². The summed E-state index contributed by atoms with van der Waals surface area (Å²) in [7, 11) is 0. The van der Waals surface area contributed by atoms with Crippen LogP contribution in [-0.2, 0) is 4.79 Å². The molecule has 0 atom stereocenters. The first kappa shape index (κ1) is 20.7. The van der Waals surface area contributed by atoms with Gasteiger partial charge >= 0.3 is 0 Å². The smallest absolute Gasteiger partial charge is 0.262 e. The molecule has 28 heavy (non-hydrogen) atoms. The SMILES string of the molecule is O=C(COc1ccc(Cl)cc1Br)Nc1ccc(C(=O)NC2CCCCC2)cc1. The number of benzene rings is 2. The predicted molar refractivity (Wildman–Crippen MR) is 114 cm³/mol. The van der Waals surface area contributed by atoms with Crippen molar-refractivity contribution in [2.24, 2.45) is 0 Å². The summed E-state index contributed by atoms with van der Waals surface area (Å²) in [4.78, 5) is 24.4. The Hall–Kier alpha value is -2.05. The molecule has 1 aliphatic carbocycles. The maximum atomic E-state index is 12.3. The van der Waals surface area contributed by atoms with Crippen molar-refractivity contribution >= 4 is 45.0 Å². The van der Waals surface area contributed by atoms with E-state index in [4.69, 9.17) is 16.3 Å². The van der Waals surface area contributed by atoms with Gasteiger partial charge < -0.3 is 15.4 Å². The van der Waals surface area contributed by atoms with Gasteiger partial charge in [0.2, 0.25) is 0 Å². The second-order valence-electron chi connectivity index (χ2n) is 6.80. The van der Waals surface area contributed by atoms with Crippen molar-refractivity contribution in [1.82, 2.24) is 5.32 Å². The maximum Gasteiger partial charge on any atom is 0.262 e. The highest BCUT2D eigenvalue weighted by Crippen LogP contribution is 2.28. The summed E-state index contributed by atoms with van der Waals surface area (Å²) < 4.78 is 6.17. The van der Waals surface area contributed by atoms with Crippen LogP contribution in [0, 0.1) is 0 Å². The topological polar surface area (TPSA) is 67.4 Å². The Morgan fingerprint density at radius 3 is 2.46 bits per heavy atom. The van der Waals surface area contributed by atoms with Gasteiger partial charge in [-0.2, -0.15) is 0 Å². The summed E-state index contributed by atoms with van der Waals surface area (Å²) >= 11 is 9.23. The van der Waals surface area contributed by atoms with Crippen molar-refractivity contribution in [2.75, 3.05) is 11.9 Å². The largest absolute Gasteiger partial charge is 0.483 e. The first-order valence-electron chi connectivity index (χ1n) is 9.30. The summed E-state index contributed by atoms with van der Waals surface area (Å²) in [5.41, 5.74) is 1.20. The molecule has 1 fully saturated rings. The highest BCUT2D eigenvalue weighted by atomic mass is 79.9. The van der Waals surface area contributed by atoms with Gasteiger partial charge in [0.05, 0.1) is 4.47 Å². The van der Waals surface area contributed by atoms with Gasteiger partial charge in [-0.3, -0.25) is 9.59 Å². The number of hydrogen-bond acceptors (Lipinski definition) is 3. The number of anilines is 1. The third-order valence-corrected chi connectivity index (χ3v) is 5.48. The van der Waals surface area contributed by atoms with Gasteiger partial charge in [-0.05, 0) is 71.2 Å². The first-order valence-corrected chi connectivity index (χ1v) is 10.5. The van der Waals surface area contributed by atoms with E-state index >= 15 is 0 Å². The Labute approximate surface area is 177 Å². The molecule has 3 rings (SSSR count). The summed E-state index contributed by atoms with van der Waals surface area (Å²) in [5, 5.41) is 6.42. The molecule has 1 aliphatic rings. The number of ether oxygens (including phenoxy) is 1. The third kappa shape index (κ3) is 5.97. The van der Waals surface area contributed by atoms with Crippen LogP contribution in [0.25, 0.3) is 0 Å². The molecule has 0 spiro atoms. The molecule has 0 saturated heterocycles. The molecule has 2 amide bonds. The van der Waals surface area contributed by atoms with Crippen molar-refractivity contribution in [3.05, 3.63) is 57.5 Å². The number of amides is 2. The van der Waals surface area contributed by atoms with Gasteiger partial charge in [0.15, 0.2) is 6.61 Å². The van der Waals surface area contributed by atoms with E-state index in [1.165, 1.54) is 19.3 Å². The Morgan fingerprint density at radius 1 is 1.07 bits per heavy atom. The molecule has 2 N–H and O–H groups in total. The zero-order valence-corrected chi connectivity index (χ0v) is 17.7. The molecule has 0 aromatic heterocycles. The highest BCUT2D eigenvalue weighted by Gasteiger charge is 2.16. The lowest BCUT2D eigenvalue weighted by Crippen LogP contribution is -2.36. The molecule has 0 bridgehead atoms. The molecule has 1 saturated carbocycles. The number of carbonyl (C=O) groups is 2. The van der Waals surface area contributed by atoms with Crippen LogP contribution in [-0.4, -0.2) is 24.5 Å². The highest BCUT2D eigenvalue weighted by molar-refractivity contribution is 9.10. The van der Waals surface area contributed by atoms with E-state index in [-0.39, 0.29) is 24.5 Å². The molecule has 0 heterocycles. The zero-order valence-electron chi connectivity index (χ0n) is 15.3. The van der Waals surface area contributed by atoms with Crippen molar-refractivity contribution in [3.8, 4) is 5.75 Å². The minimum atomic E-state index is -0.291. The minimum absolute atomic E-state index is 0.0688. The van der Waals surface area contributed by atoms with Crippen molar-refractivity contribution in [3.63, 3.8) is 0 Å². The Morgan fingerprint density at radius 2 is 1.79 bits per heavy atom. The lowest BCUT2D eigenvalue weighted by molar-refractivity contribution is -0.118. The third-order valence-electron chi connectivity index (χ3n) is 4.62. The summed E-state index contributed by atoms with van der Waals surface area (Å²) in [6, 6.07) is 12.2. The van der Waals surface area contributed by atoms with Gasteiger partial charge in [0.25, 0.3) is 11.8 Å². The standard InChI is InChI=1S/C21H22BrClN2O3/c22-18-12-15(23)8-11-19(18)28-13-20(26)24-17-9-6-14(7-10-17)21(27)25-16-4-2-1-3-5-16/h6-12,16H,1-5,13H2,(H,24,26)(H,25,27). The second kappa shape index (κ2) is 9.94. The number of carbonyl (C=O) groups excluding carboxylic acids is 2. The molecule has 2 aromatic rings. The summed E-state index contributed by atoms with van der Waals surface area (Å²) in [5.74, 6) is 0.177. The Kier molecular flexibility index (Phi) is 7.34.